The average Bonchev–Trinajstić information content (AvgIpc) is 2.35. The molecule has 0 aromatic heterocycles. The first-order valence-electron chi connectivity index (χ1n) is 5.29. The summed E-state index contributed by atoms with van der Waals surface area (Å²) in [6.45, 7) is 1.93. The summed E-state index contributed by atoms with van der Waals surface area (Å²) in [4.78, 5) is 10.8. The molecule has 0 radical (unpaired) electrons. The molecule has 0 aliphatic heterocycles. The molecule has 18 heavy (non-hydrogen) atoms. The van der Waals surface area contributed by atoms with Crippen molar-refractivity contribution in [2.45, 2.75) is 6.92 Å². The second-order valence-corrected chi connectivity index (χ2v) is 4.72. The summed E-state index contributed by atoms with van der Waals surface area (Å²) < 4.78 is 0. The Balaban J connectivity index is 2.55. The van der Waals surface area contributed by atoms with Gasteiger partial charge in [0.15, 0.2) is 0 Å². The van der Waals surface area contributed by atoms with Crippen LogP contribution in [-0.2, 0) is 0 Å². The van der Waals surface area contributed by atoms with Crippen LogP contribution in [0.15, 0.2) is 36.4 Å². The van der Waals surface area contributed by atoms with Crippen LogP contribution in [-0.4, -0.2) is 11.1 Å². The van der Waals surface area contributed by atoms with E-state index in [2.05, 4.69) is 0 Å². The van der Waals surface area contributed by atoms with E-state index in [4.69, 9.17) is 28.3 Å². The molecule has 0 bridgehead atoms. The van der Waals surface area contributed by atoms with E-state index < -0.39 is 5.97 Å². The molecule has 0 aliphatic carbocycles. The van der Waals surface area contributed by atoms with Crippen LogP contribution >= 0.6 is 23.2 Å². The van der Waals surface area contributed by atoms with Crippen LogP contribution in [0.4, 0.5) is 0 Å². The minimum atomic E-state index is -0.949. The van der Waals surface area contributed by atoms with Gasteiger partial charge in [-0.1, -0.05) is 41.4 Å². The highest BCUT2D eigenvalue weighted by molar-refractivity contribution is 6.43. The molecule has 1 N–H and O–H groups in total. The number of rotatable bonds is 2. The zero-order valence-corrected chi connectivity index (χ0v) is 11.1. The second-order valence-electron chi connectivity index (χ2n) is 3.94. The van der Waals surface area contributed by atoms with Crippen molar-refractivity contribution in [1.82, 2.24) is 0 Å². The normalized spacial score (nSPS) is 10.4. The van der Waals surface area contributed by atoms with Crippen LogP contribution in [0, 0.1) is 6.92 Å². The number of aryl methyl sites for hydroxylation is 1. The van der Waals surface area contributed by atoms with Gasteiger partial charge in [0.1, 0.15) is 0 Å². The Morgan fingerprint density at radius 3 is 2.22 bits per heavy atom. The van der Waals surface area contributed by atoms with Crippen molar-refractivity contribution < 1.29 is 9.90 Å². The fraction of sp³-hybridized carbons (Fsp3) is 0.0714. The van der Waals surface area contributed by atoms with Gasteiger partial charge < -0.3 is 5.11 Å². The van der Waals surface area contributed by atoms with Crippen molar-refractivity contribution in [3.05, 3.63) is 57.6 Å². The second kappa shape index (κ2) is 5.01. The summed E-state index contributed by atoms with van der Waals surface area (Å²) in [6, 6.07) is 10.2. The SMILES string of the molecule is Cc1ccc(Cl)c(Cl)c1-c1ccc(C(=O)O)cc1. The van der Waals surface area contributed by atoms with Crippen LogP contribution in [0.25, 0.3) is 11.1 Å². The smallest absolute Gasteiger partial charge is 0.335 e. The molecular weight excluding hydrogens is 271 g/mol. The van der Waals surface area contributed by atoms with E-state index in [0.29, 0.717) is 10.0 Å². The van der Waals surface area contributed by atoms with Gasteiger partial charge in [-0.3, -0.25) is 0 Å². The van der Waals surface area contributed by atoms with E-state index in [0.717, 1.165) is 16.7 Å². The Hall–Kier alpha value is -1.51. The van der Waals surface area contributed by atoms with Gasteiger partial charge in [0.2, 0.25) is 0 Å². The lowest BCUT2D eigenvalue weighted by atomic mass is 9.99. The zero-order chi connectivity index (χ0) is 13.3. The van der Waals surface area contributed by atoms with Crippen molar-refractivity contribution in [3.63, 3.8) is 0 Å². The minimum absolute atomic E-state index is 0.245. The van der Waals surface area contributed by atoms with Gasteiger partial charge in [-0.2, -0.15) is 0 Å². The van der Waals surface area contributed by atoms with Gasteiger partial charge in [-0.15, -0.1) is 0 Å². The molecule has 0 fully saturated rings. The Bertz CT molecular complexity index is 604. The van der Waals surface area contributed by atoms with E-state index in [1.807, 2.05) is 13.0 Å². The summed E-state index contributed by atoms with van der Waals surface area (Å²) in [7, 11) is 0. The number of hydrogen-bond acceptors (Lipinski definition) is 1. The molecule has 2 aromatic rings. The first-order chi connectivity index (χ1) is 8.50. The van der Waals surface area contributed by atoms with Gasteiger partial charge in [-0.05, 0) is 36.2 Å². The number of carboxylic acid groups (broad SMARTS) is 1. The number of hydrogen-bond donors (Lipinski definition) is 1. The van der Waals surface area contributed by atoms with Crippen molar-refractivity contribution in [3.8, 4) is 11.1 Å². The first kappa shape index (κ1) is 12.9. The topological polar surface area (TPSA) is 37.3 Å². The molecule has 92 valence electrons. The highest BCUT2D eigenvalue weighted by Crippen LogP contribution is 2.36. The first-order valence-corrected chi connectivity index (χ1v) is 6.04. The zero-order valence-electron chi connectivity index (χ0n) is 9.58. The van der Waals surface area contributed by atoms with Crippen molar-refractivity contribution in [2.75, 3.05) is 0 Å². The Morgan fingerprint density at radius 1 is 1.06 bits per heavy atom. The molecule has 0 saturated heterocycles. The van der Waals surface area contributed by atoms with Crippen LogP contribution in [0.3, 0.4) is 0 Å². The van der Waals surface area contributed by atoms with E-state index in [1.165, 1.54) is 0 Å². The van der Waals surface area contributed by atoms with Crippen molar-refractivity contribution >= 4 is 29.2 Å². The van der Waals surface area contributed by atoms with E-state index in [9.17, 15) is 4.79 Å². The van der Waals surface area contributed by atoms with Crippen molar-refractivity contribution in [2.24, 2.45) is 0 Å². The maximum absolute atomic E-state index is 10.8. The molecule has 0 amide bonds. The van der Waals surface area contributed by atoms with Gasteiger partial charge >= 0.3 is 5.97 Å². The van der Waals surface area contributed by atoms with Gasteiger partial charge in [0.05, 0.1) is 15.6 Å². The lowest BCUT2D eigenvalue weighted by molar-refractivity contribution is 0.0697. The fourth-order valence-corrected chi connectivity index (χ4v) is 2.26. The molecule has 0 aliphatic rings. The molecule has 2 aromatic carbocycles. The number of carboxylic acids is 1. The molecule has 2 nitrogen and oxygen atoms in total. The number of halogens is 2. The Kier molecular flexibility index (Phi) is 3.60. The highest BCUT2D eigenvalue weighted by Gasteiger charge is 2.11. The summed E-state index contributed by atoms with van der Waals surface area (Å²) >= 11 is 12.2. The molecule has 0 saturated carbocycles. The minimum Gasteiger partial charge on any atom is -0.478 e. The van der Waals surface area contributed by atoms with E-state index >= 15 is 0 Å². The highest BCUT2D eigenvalue weighted by atomic mass is 35.5. The molecule has 0 atom stereocenters. The van der Waals surface area contributed by atoms with Crippen LogP contribution in [0.1, 0.15) is 15.9 Å². The third-order valence-corrected chi connectivity index (χ3v) is 3.53. The predicted molar refractivity (Wildman–Crippen MR) is 73.6 cm³/mol. The molecule has 2 rings (SSSR count). The molecule has 4 heteroatoms. The average molecular weight is 281 g/mol. The molecular formula is C14H10Cl2O2. The van der Waals surface area contributed by atoms with E-state index in [-0.39, 0.29) is 5.56 Å². The third-order valence-electron chi connectivity index (χ3n) is 2.72. The monoisotopic (exact) mass is 280 g/mol. The lowest BCUT2D eigenvalue weighted by Crippen LogP contribution is -1.95. The third kappa shape index (κ3) is 2.35. The standard InChI is InChI=1S/C14H10Cl2O2/c1-8-2-7-11(15)13(16)12(8)9-3-5-10(6-4-9)14(17)18/h2-7H,1H3,(H,17,18). The lowest BCUT2D eigenvalue weighted by Gasteiger charge is -2.10. The van der Waals surface area contributed by atoms with E-state index in [1.54, 1.807) is 30.3 Å². The van der Waals surface area contributed by atoms with Crippen LogP contribution in [0.2, 0.25) is 10.0 Å². The largest absolute Gasteiger partial charge is 0.478 e. The predicted octanol–water partition coefficient (Wildman–Crippen LogP) is 4.67. The van der Waals surface area contributed by atoms with Crippen molar-refractivity contribution in [1.29, 1.82) is 0 Å². The molecule has 0 heterocycles. The summed E-state index contributed by atoms with van der Waals surface area (Å²) in [5.74, 6) is -0.949. The molecule has 0 spiro atoms. The maximum Gasteiger partial charge on any atom is 0.335 e. The Labute approximate surface area is 115 Å². The summed E-state index contributed by atoms with van der Waals surface area (Å²) in [5.41, 5.74) is 2.92. The number of benzene rings is 2. The fourth-order valence-electron chi connectivity index (χ4n) is 1.78. The summed E-state index contributed by atoms with van der Waals surface area (Å²) in [5, 5.41) is 9.82. The van der Waals surface area contributed by atoms with Crippen LogP contribution < -0.4 is 0 Å². The summed E-state index contributed by atoms with van der Waals surface area (Å²) in [6.07, 6.45) is 0. The maximum atomic E-state index is 10.8. The van der Waals surface area contributed by atoms with Gasteiger partial charge in [0, 0.05) is 5.56 Å². The Morgan fingerprint density at radius 2 is 1.67 bits per heavy atom. The van der Waals surface area contributed by atoms with Gasteiger partial charge in [0.25, 0.3) is 0 Å². The van der Waals surface area contributed by atoms with Gasteiger partial charge in [-0.25, -0.2) is 4.79 Å². The molecule has 0 unspecified atom stereocenters. The number of aromatic carboxylic acids is 1. The van der Waals surface area contributed by atoms with Crippen LogP contribution in [0.5, 0.6) is 0 Å². The number of carbonyl (C=O) groups is 1. The quantitative estimate of drug-likeness (QED) is 0.868.